The zero-order valence-electron chi connectivity index (χ0n) is 17.0. The van der Waals surface area contributed by atoms with Crippen LogP contribution in [0.2, 0.25) is 0 Å². The maximum Gasteiger partial charge on any atom is 0.344 e. The molecule has 3 aromatic rings. The van der Waals surface area contributed by atoms with Gasteiger partial charge in [0.05, 0.1) is 0 Å². The summed E-state index contributed by atoms with van der Waals surface area (Å²) in [7, 11) is 1.68. The van der Waals surface area contributed by atoms with Gasteiger partial charge < -0.3 is 14.4 Å². The fourth-order valence-corrected chi connectivity index (χ4v) is 2.98. The molecule has 0 fully saturated rings. The van der Waals surface area contributed by atoms with Crippen molar-refractivity contribution in [1.29, 1.82) is 0 Å². The minimum Gasteiger partial charge on any atom is -0.482 e. The van der Waals surface area contributed by atoms with Crippen molar-refractivity contribution in [3.63, 3.8) is 0 Å². The summed E-state index contributed by atoms with van der Waals surface area (Å²) in [5, 5.41) is 0. The average molecular weight is 403 g/mol. The van der Waals surface area contributed by atoms with Gasteiger partial charge in [-0.1, -0.05) is 78.9 Å². The highest BCUT2D eigenvalue weighted by Gasteiger charge is 2.14. The normalized spacial score (nSPS) is 10.3. The topological polar surface area (TPSA) is 55.8 Å². The summed E-state index contributed by atoms with van der Waals surface area (Å²) < 4.78 is 10.7. The zero-order chi connectivity index (χ0) is 21.2. The molecule has 0 radical (unpaired) electrons. The van der Waals surface area contributed by atoms with Crippen molar-refractivity contribution in [2.24, 2.45) is 0 Å². The maximum atomic E-state index is 12.2. The van der Waals surface area contributed by atoms with E-state index in [1.807, 2.05) is 84.9 Å². The minimum absolute atomic E-state index is 0.249. The number of hydrogen-bond donors (Lipinski definition) is 0. The van der Waals surface area contributed by atoms with Gasteiger partial charge in [0, 0.05) is 20.0 Å². The summed E-state index contributed by atoms with van der Waals surface area (Å²) >= 11 is 0. The van der Waals surface area contributed by atoms with Crippen LogP contribution in [-0.2, 0) is 27.3 Å². The van der Waals surface area contributed by atoms with Crippen molar-refractivity contribution in [2.45, 2.75) is 13.0 Å². The van der Waals surface area contributed by atoms with E-state index in [2.05, 4.69) is 0 Å². The summed E-state index contributed by atoms with van der Waals surface area (Å²) in [6.07, 6.45) is 0.703. The van der Waals surface area contributed by atoms with Crippen molar-refractivity contribution >= 4 is 11.9 Å². The van der Waals surface area contributed by atoms with Crippen LogP contribution >= 0.6 is 0 Å². The fraction of sp³-hybridized carbons (Fsp3) is 0.200. The third kappa shape index (κ3) is 6.48. The Morgan fingerprint density at radius 1 is 0.767 bits per heavy atom. The molecule has 30 heavy (non-hydrogen) atoms. The quantitative estimate of drug-likeness (QED) is 0.509. The smallest absolute Gasteiger partial charge is 0.344 e. The highest BCUT2D eigenvalue weighted by Crippen LogP contribution is 2.21. The fourth-order valence-electron chi connectivity index (χ4n) is 2.98. The Bertz CT molecular complexity index is 957. The first kappa shape index (κ1) is 21.1. The summed E-state index contributed by atoms with van der Waals surface area (Å²) in [5.41, 5.74) is 3.15. The van der Waals surface area contributed by atoms with Crippen LogP contribution in [0.15, 0.2) is 84.9 Å². The number of carbonyl (C=O) groups excluding carboxylic acids is 2. The van der Waals surface area contributed by atoms with Crippen LogP contribution in [0, 0.1) is 0 Å². The molecule has 0 N–H and O–H groups in total. The number of nitrogens with zero attached hydrogens (tertiary/aromatic N) is 1. The number of rotatable bonds is 9. The summed E-state index contributed by atoms with van der Waals surface area (Å²) in [6, 6.07) is 27.3. The third-order valence-electron chi connectivity index (χ3n) is 4.60. The summed E-state index contributed by atoms with van der Waals surface area (Å²) in [6.45, 7) is -0.0980. The Morgan fingerprint density at radius 3 is 2.07 bits per heavy atom. The molecule has 3 aromatic carbocycles. The first-order valence-electron chi connectivity index (χ1n) is 9.80. The van der Waals surface area contributed by atoms with Crippen molar-refractivity contribution < 1.29 is 19.1 Å². The van der Waals surface area contributed by atoms with E-state index in [4.69, 9.17) is 9.47 Å². The summed E-state index contributed by atoms with van der Waals surface area (Å²) in [4.78, 5) is 25.8. The molecular weight excluding hydrogens is 378 g/mol. The van der Waals surface area contributed by atoms with Crippen LogP contribution in [0.1, 0.15) is 16.7 Å². The van der Waals surface area contributed by atoms with E-state index in [-0.39, 0.29) is 19.1 Å². The van der Waals surface area contributed by atoms with E-state index in [9.17, 15) is 9.59 Å². The first-order valence-corrected chi connectivity index (χ1v) is 9.80. The maximum absolute atomic E-state index is 12.2. The molecule has 0 saturated heterocycles. The molecule has 154 valence electrons. The Hall–Kier alpha value is -3.60. The number of carbonyl (C=O) groups is 2. The van der Waals surface area contributed by atoms with Crippen molar-refractivity contribution in [2.75, 3.05) is 20.3 Å². The largest absolute Gasteiger partial charge is 0.482 e. The van der Waals surface area contributed by atoms with Gasteiger partial charge in [0.1, 0.15) is 5.75 Å². The van der Waals surface area contributed by atoms with Crippen molar-refractivity contribution in [3.8, 4) is 5.75 Å². The van der Waals surface area contributed by atoms with Gasteiger partial charge in [-0.15, -0.1) is 0 Å². The number of likely N-dealkylation sites (N-methyl/N-ethyl adjacent to an activating group) is 1. The molecule has 0 aliphatic rings. The lowest BCUT2D eigenvalue weighted by Crippen LogP contribution is -2.31. The second-order valence-corrected chi connectivity index (χ2v) is 6.95. The standard InChI is InChI=1S/C25H25NO4/c1-26(17-21-12-6-3-7-13-21)24(27)18-30-25(28)19-29-23-15-9-8-14-22(23)16-20-10-4-2-5-11-20/h2-15H,16-19H2,1H3. The molecule has 0 bridgehead atoms. The SMILES string of the molecule is CN(Cc1ccccc1)C(=O)COC(=O)COc1ccccc1Cc1ccccc1. The van der Waals surface area contributed by atoms with E-state index in [0.29, 0.717) is 18.7 Å². The monoisotopic (exact) mass is 403 g/mol. The van der Waals surface area contributed by atoms with Crippen LogP contribution in [0.3, 0.4) is 0 Å². The molecule has 0 aromatic heterocycles. The van der Waals surface area contributed by atoms with Crippen molar-refractivity contribution in [3.05, 3.63) is 102 Å². The highest BCUT2D eigenvalue weighted by atomic mass is 16.6. The second-order valence-electron chi connectivity index (χ2n) is 6.95. The number of para-hydroxylation sites is 1. The van der Waals surface area contributed by atoms with Crippen LogP contribution in [0.25, 0.3) is 0 Å². The lowest BCUT2D eigenvalue weighted by Gasteiger charge is -2.17. The van der Waals surface area contributed by atoms with Gasteiger partial charge in [0.15, 0.2) is 13.2 Å². The van der Waals surface area contributed by atoms with Crippen LogP contribution in [0.5, 0.6) is 5.75 Å². The third-order valence-corrected chi connectivity index (χ3v) is 4.60. The van der Waals surface area contributed by atoms with Gasteiger partial charge in [-0.3, -0.25) is 4.79 Å². The molecular formula is C25H25NO4. The molecule has 5 nitrogen and oxygen atoms in total. The molecule has 0 heterocycles. The molecule has 5 heteroatoms. The van der Waals surface area contributed by atoms with Crippen LogP contribution in [-0.4, -0.2) is 37.0 Å². The summed E-state index contributed by atoms with van der Waals surface area (Å²) in [5.74, 6) is -0.214. The molecule has 0 atom stereocenters. The van der Waals surface area contributed by atoms with E-state index in [0.717, 1.165) is 16.7 Å². The molecule has 3 rings (SSSR count). The number of benzene rings is 3. The van der Waals surface area contributed by atoms with Gasteiger partial charge >= 0.3 is 5.97 Å². The Labute approximate surface area is 176 Å². The lowest BCUT2D eigenvalue weighted by molar-refractivity contribution is -0.153. The second kappa shape index (κ2) is 10.8. The number of esters is 1. The Balaban J connectivity index is 1.46. The van der Waals surface area contributed by atoms with E-state index in [1.165, 1.54) is 4.90 Å². The van der Waals surface area contributed by atoms with Crippen molar-refractivity contribution in [1.82, 2.24) is 4.90 Å². The van der Waals surface area contributed by atoms with E-state index in [1.54, 1.807) is 7.05 Å². The van der Waals surface area contributed by atoms with Gasteiger partial charge in [-0.25, -0.2) is 4.79 Å². The predicted octanol–water partition coefficient (Wildman–Crippen LogP) is 3.86. The van der Waals surface area contributed by atoms with Gasteiger partial charge in [0.2, 0.25) is 0 Å². The zero-order valence-corrected chi connectivity index (χ0v) is 17.0. The van der Waals surface area contributed by atoms with Gasteiger partial charge in [0.25, 0.3) is 5.91 Å². The molecule has 0 unspecified atom stereocenters. The van der Waals surface area contributed by atoms with E-state index >= 15 is 0 Å². The first-order chi connectivity index (χ1) is 14.6. The lowest BCUT2D eigenvalue weighted by atomic mass is 10.0. The molecule has 0 aliphatic carbocycles. The molecule has 0 spiro atoms. The molecule has 0 aliphatic heterocycles. The van der Waals surface area contributed by atoms with Crippen LogP contribution < -0.4 is 4.74 Å². The van der Waals surface area contributed by atoms with Gasteiger partial charge in [-0.05, 0) is 22.8 Å². The number of amides is 1. The van der Waals surface area contributed by atoms with Gasteiger partial charge in [-0.2, -0.15) is 0 Å². The molecule has 1 amide bonds. The van der Waals surface area contributed by atoms with Crippen LogP contribution in [0.4, 0.5) is 0 Å². The van der Waals surface area contributed by atoms with E-state index < -0.39 is 5.97 Å². The molecule has 0 saturated carbocycles. The highest BCUT2D eigenvalue weighted by molar-refractivity contribution is 5.80. The Morgan fingerprint density at radius 2 is 1.37 bits per heavy atom. The minimum atomic E-state index is -0.578. The average Bonchev–Trinajstić information content (AvgIpc) is 2.78. The Kier molecular flexibility index (Phi) is 7.61. The number of hydrogen-bond acceptors (Lipinski definition) is 4. The number of ether oxygens (including phenoxy) is 2. The predicted molar refractivity (Wildman–Crippen MR) is 115 cm³/mol.